The monoisotopic (exact) mass is 557 g/mol. The van der Waals surface area contributed by atoms with Crippen molar-refractivity contribution < 1.29 is 5.11 Å². The molecule has 2 aromatic carbocycles. The van der Waals surface area contributed by atoms with E-state index in [1.165, 1.54) is 12.1 Å². The Labute approximate surface area is 245 Å². The number of anilines is 2. The zero-order valence-corrected chi connectivity index (χ0v) is 23.5. The quantitative estimate of drug-likeness (QED) is 0.259. The minimum absolute atomic E-state index is 0.187. The van der Waals surface area contributed by atoms with E-state index >= 15 is 0 Å². The van der Waals surface area contributed by atoms with Gasteiger partial charge >= 0.3 is 0 Å². The van der Waals surface area contributed by atoms with Gasteiger partial charge in [0, 0.05) is 40.8 Å². The van der Waals surface area contributed by atoms with Gasteiger partial charge in [0.05, 0.1) is 17.4 Å². The van der Waals surface area contributed by atoms with Crippen LogP contribution in [0, 0.1) is 0 Å². The average Bonchev–Trinajstić information content (AvgIpc) is 3.50. The van der Waals surface area contributed by atoms with Gasteiger partial charge < -0.3 is 21.5 Å². The number of nitrogens with zero attached hydrogens (tertiary/aromatic N) is 5. The summed E-state index contributed by atoms with van der Waals surface area (Å²) in [4.78, 5) is 17.1. The van der Waals surface area contributed by atoms with E-state index in [1.54, 1.807) is 6.20 Å². The molecule has 5 aromatic rings. The maximum Gasteiger partial charge on any atom is 0.165 e. The van der Waals surface area contributed by atoms with Gasteiger partial charge in [0.1, 0.15) is 11.3 Å². The van der Waals surface area contributed by atoms with E-state index in [2.05, 4.69) is 63.0 Å². The second kappa shape index (κ2) is 9.64. The topological polar surface area (TPSA) is 119 Å². The van der Waals surface area contributed by atoms with E-state index in [0.29, 0.717) is 23.7 Å². The number of aliphatic hydroxyl groups is 1. The molecule has 0 spiro atoms. The molecule has 3 aromatic heterocycles. The van der Waals surface area contributed by atoms with Crippen LogP contribution in [0.25, 0.3) is 39.5 Å². The highest BCUT2D eigenvalue weighted by molar-refractivity contribution is 5.85. The number of pyridine rings is 2. The molecule has 2 unspecified atom stereocenters. The van der Waals surface area contributed by atoms with E-state index in [-0.39, 0.29) is 11.6 Å². The number of imidazole rings is 1. The van der Waals surface area contributed by atoms with Crippen LogP contribution in [0.5, 0.6) is 0 Å². The van der Waals surface area contributed by atoms with Crippen molar-refractivity contribution in [1.29, 1.82) is 0 Å². The summed E-state index contributed by atoms with van der Waals surface area (Å²) in [6, 6.07) is 25.8. The molecule has 8 heteroatoms. The molecule has 0 radical (unpaired) electrons. The molecular formula is C34H35N7O. The molecule has 1 saturated carbocycles. The van der Waals surface area contributed by atoms with Crippen LogP contribution in [0.1, 0.15) is 50.5 Å². The van der Waals surface area contributed by atoms with Crippen molar-refractivity contribution >= 4 is 22.7 Å². The molecule has 2 atom stereocenters. The molecular weight excluding hydrogens is 522 g/mol. The normalized spacial score (nSPS) is 22.8. The van der Waals surface area contributed by atoms with E-state index in [0.717, 1.165) is 77.8 Å². The number of aromatic nitrogens is 4. The lowest BCUT2D eigenvalue weighted by molar-refractivity contribution is 0.126. The third-order valence-electron chi connectivity index (χ3n) is 9.68. The van der Waals surface area contributed by atoms with Gasteiger partial charge in [-0.2, -0.15) is 0 Å². The summed E-state index contributed by atoms with van der Waals surface area (Å²) >= 11 is 0. The van der Waals surface area contributed by atoms with Crippen molar-refractivity contribution in [2.24, 2.45) is 5.73 Å². The largest absolute Gasteiger partial charge is 0.393 e. The number of piperidine rings is 1. The first-order valence-corrected chi connectivity index (χ1v) is 15.0. The van der Waals surface area contributed by atoms with Crippen LogP contribution in [-0.2, 0) is 5.54 Å². The summed E-state index contributed by atoms with van der Waals surface area (Å²) in [5.41, 5.74) is 20.3. The standard InChI is InChI=1S/C34H35N7O/c35-31-28(6-2-17-37-31)32-39-30-14-13-29(21-4-1-5-24(18-21)40-25-11-12-26(40)20-27(42)19-25)38-33(30)41(32)23-9-7-22(8-10-23)34(36)15-3-16-34/h1-2,4-10,13-14,17-18,25-27,42H,3,11-12,15-16,19-20,36H2,(H2,35,37). The second-order valence-corrected chi connectivity index (χ2v) is 12.3. The van der Waals surface area contributed by atoms with Crippen LogP contribution in [-0.4, -0.2) is 42.8 Å². The highest BCUT2D eigenvalue weighted by atomic mass is 16.3. The highest BCUT2D eigenvalue weighted by Crippen LogP contribution is 2.41. The van der Waals surface area contributed by atoms with Crippen molar-refractivity contribution in [3.05, 3.63) is 84.6 Å². The van der Waals surface area contributed by atoms with E-state index in [9.17, 15) is 5.11 Å². The van der Waals surface area contributed by atoms with Crippen molar-refractivity contribution in [3.8, 4) is 28.3 Å². The molecule has 42 heavy (non-hydrogen) atoms. The fourth-order valence-corrected chi connectivity index (χ4v) is 7.33. The maximum atomic E-state index is 10.3. The Balaban J connectivity index is 1.24. The molecule has 2 saturated heterocycles. The van der Waals surface area contributed by atoms with Gasteiger partial charge in [-0.05, 0) is 99.0 Å². The van der Waals surface area contributed by atoms with E-state index < -0.39 is 0 Å². The fourth-order valence-electron chi connectivity index (χ4n) is 7.33. The summed E-state index contributed by atoms with van der Waals surface area (Å²) < 4.78 is 2.08. The van der Waals surface area contributed by atoms with Gasteiger partial charge in [-0.3, -0.25) is 4.57 Å². The molecule has 8 nitrogen and oxygen atoms in total. The first kappa shape index (κ1) is 25.4. The van der Waals surface area contributed by atoms with Crippen LogP contribution >= 0.6 is 0 Å². The van der Waals surface area contributed by atoms with Crippen LogP contribution in [0.3, 0.4) is 0 Å². The lowest BCUT2D eigenvalue weighted by Gasteiger charge is -2.39. The Kier molecular flexibility index (Phi) is 5.84. The lowest BCUT2D eigenvalue weighted by atomic mass is 9.73. The summed E-state index contributed by atoms with van der Waals surface area (Å²) in [6.07, 6.45) is 8.67. The number of nitrogen functional groups attached to an aromatic ring is 1. The Hall–Kier alpha value is -4.27. The van der Waals surface area contributed by atoms with Gasteiger partial charge in [-0.25, -0.2) is 15.0 Å². The zero-order chi connectivity index (χ0) is 28.4. The van der Waals surface area contributed by atoms with Crippen molar-refractivity contribution in [3.63, 3.8) is 0 Å². The molecule has 0 amide bonds. The maximum absolute atomic E-state index is 10.3. The van der Waals surface area contributed by atoms with Crippen molar-refractivity contribution in [1.82, 2.24) is 19.5 Å². The smallest absolute Gasteiger partial charge is 0.165 e. The fraction of sp³-hybridized carbons (Fsp3) is 0.324. The van der Waals surface area contributed by atoms with Crippen LogP contribution < -0.4 is 16.4 Å². The Bertz CT molecular complexity index is 1780. The molecule has 1 aliphatic carbocycles. The number of aliphatic hydroxyl groups excluding tert-OH is 1. The second-order valence-electron chi connectivity index (χ2n) is 12.3. The third kappa shape index (κ3) is 4.08. The number of hydrogen-bond donors (Lipinski definition) is 3. The molecule has 5 N–H and O–H groups in total. The highest BCUT2D eigenvalue weighted by Gasteiger charge is 2.40. The van der Waals surface area contributed by atoms with E-state index in [1.807, 2.05) is 24.3 Å². The summed E-state index contributed by atoms with van der Waals surface area (Å²) in [6.45, 7) is 0. The number of nitrogens with two attached hydrogens (primary N) is 2. The number of hydrogen-bond acceptors (Lipinski definition) is 7. The van der Waals surface area contributed by atoms with Gasteiger partial charge in [-0.1, -0.05) is 24.3 Å². The van der Waals surface area contributed by atoms with Gasteiger partial charge in [0.25, 0.3) is 0 Å². The number of benzene rings is 2. The number of rotatable bonds is 5. The van der Waals surface area contributed by atoms with Gasteiger partial charge in [0.15, 0.2) is 11.5 Å². The number of fused-ring (bicyclic) bond motifs is 3. The average molecular weight is 558 g/mol. The molecule has 8 rings (SSSR count). The molecule has 5 heterocycles. The Morgan fingerprint density at radius 3 is 2.36 bits per heavy atom. The van der Waals surface area contributed by atoms with Crippen LogP contribution in [0.15, 0.2) is 79.0 Å². The molecule has 2 aliphatic heterocycles. The third-order valence-corrected chi connectivity index (χ3v) is 9.68. The molecule has 3 fully saturated rings. The first-order valence-electron chi connectivity index (χ1n) is 15.0. The van der Waals surface area contributed by atoms with Gasteiger partial charge in [0.2, 0.25) is 0 Å². The predicted molar refractivity (Wildman–Crippen MR) is 166 cm³/mol. The SMILES string of the molecule is Nc1ncccc1-c1nc2ccc(-c3cccc(N4C5CCC4CC(O)C5)c3)nc2n1-c1ccc(C2(N)CCC2)cc1. The minimum Gasteiger partial charge on any atom is -0.393 e. The van der Waals surface area contributed by atoms with Crippen LogP contribution in [0.4, 0.5) is 11.5 Å². The zero-order valence-electron chi connectivity index (χ0n) is 23.5. The summed E-state index contributed by atoms with van der Waals surface area (Å²) in [5.74, 6) is 1.13. The summed E-state index contributed by atoms with van der Waals surface area (Å²) in [7, 11) is 0. The summed E-state index contributed by atoms with van der Waals surface area (Å²) in [5, 5.41) is 10.3. The van der Waals surface area contributed by atoms with E-state index in [4.69, 9.17) is 21.4 Å². The Morgan fingerprint density at radius 2 is 1.64 bits per heavy atom. The first-order chi connectivity index (χ1) is 20.5. The van der Waals surface area contributed by atoms with Crippen molar-refractivity contribution in [2.45, 2.75) is 68.7 Å². The lowest BCUT2D eigenvalue weighted by Crippen LogP contribution is -2.44. The van der Waals surface area contributed by atoms with Gasteiger partial charge in [-0.15, -0.1) is 0 Å². The van der Waals surface area contributed by atoms with Crippen molar-refractivity contribution in [2.75, 3.05) is 10.6 Å². The molecule has 212 valence electrons. The molecule has 3 aliphatic rings. The predicted octanol–water partition coefficient (Wildman–Crippen LogP) is 5.56. The van der Waals surface area contributed by atoms with Crippen LogP contribution in [0.2, 0.25) is 0 Å². The molecule has 2 bridgehead atoms. The minimum atomic E-state index is -0.228. The Morgan fingerprint density at radius 1 is 0.857 bits per heavy atom.